The molecule has 3 aliphatic heterocycles. The SMILES string of the molecule is c1cncc(C[C@H]2[C@H](Oc3ccc(-c4ccc5[nH]ccc5c4)nn3)C3CCN2CC3)c1. The lowest BCUT2D eigenvalue weighted by Crippen LogP contribution is -2.60. The van der Waals surface area contributed by atoms with Crippen molar-refractivity contribution in [1.29, 1.82) is 0 Å². The fraction of sp³-hybridized carbons (Fsp3) is 0.320. The van der Waals surface area contributed by atoms with Gasteiger partial charge in [0.1, 0.15) is 6.10 Å². The predicted molar refractivity (Wildman–Crippen MR) is 120 cm³/mol. The van der Waals surface area contributed by atoms with Crippen LogP contribution in [0.1, 0.15) is 18.4 Å². The molecule has 7 rings (SSSR count). The molecule has 6 heterocycles. The molecule has 31 heavy (non-hydrogen) atoms. The van der Waals surface area contributed by atoms with Crippen molar-refractivity contribution in [3.05, 3.63) is 72.7 Å². The van der Waals surface area contributed by atoms with E-state index in [-0.39, 0.29) is 6.10 Å². The Morgan fingerprint density at radius 3 is 2.77 bits per heavy atom. The molecule has 3 fully saturated rings. The maximum atomic E-state index is 6.48. The Morgan fingerprint density at radius 2 is 1.97 bits per heavy atom. The van der Waals surface area contributed by atoms with Gasteiger partial charge >= 0.3 is 0 Å². The number of rotatable bonds is 5. The molecule has 1 aromatic carbocycles. The third-order valence-electron chi connectivity index (χ3n) is 6.80. The molecular formula is C25H25N5O. The van der Waals surface area contributed by atoms with E-state index >= 15 is 0 Å². The van der Waals surface area contributed by atoms with Gasteiger partial charge in [-0.15, -0.1) is 10.2 Å². The van der Waals surface area contributed by atoms with Gasteiger partial charge in [-0.05, 0) is 74.2 Å². The number of ether oxygens (including phenoxy) is 1. The largest absolute Gasteiger partial charge is 0.471 e. The standard InChI is InChI=1S/C25H25N5O/c1-2-17(16-26-10-1)14-23-25(18-8-12-30(23)13-9-18)31-24-6-5-22(28-29-24)19-3-4-21-20(15-19)7-11-27-21/h1-7,10-11,15-16,18,23,25,27H,8-9,12-14H2/t23-,25+/m0/s1. The maximum absolute atomic E-state index is 6.48. The summed E-state index contributed by atoms with van der Waals surface area (Å²) < 4.78 is 6.48. The van der Waals surface area contributed by atoms with Crippen LogP contribution in [0.25, 0.3) is 22.2 Å². The lowest BCUT2D eigenvalue weighted by molar-refractivity contribution is -0.0599. The summed E-state index contributed by atoms with van der Waals surface area (Å²) in [7, 11) is 0. The first-order valence-electron chi connectivity index (χ1n) is 11.0. The summed E-state index contributed by atoms with van der Waals surface area (Å²) in [5.41, 5.74) is 4.30. The van der Waals surface area contributed by atoms with Gasteiger partial charge in [-0.25, -0.2) is 0 Å². The fourth-order valence-corrected chi connectivity index (χ4v) is 5.17. The second-order valence-electron chi connectivity index (χ2n) is 8.63. The topological polar surface area (TPSA) is 66.9 Å². The molecule has 0 unspecified atom stereocenters. The van der Waals surface area contributed by atoms with E-state index in [1.807, 2.05) is 36.8 Å². The summed E-state index contributed by atoms with van der Waals surface area (Å²) in [5.74, 6) is 1.19. The average molecular weight is 412 g/mol. The molecule has 6 nitrogen and oxygen atoms in total. The number of piperidine rings is 3. The number of pyridine rings is 1. The van der Waals surface area contributed by atoms with Crippen molar-refractivity contribution in [3.63, 3.8) is 0 Å². The zero-order chi connectivity index (χ0) is 20.6. The molecule has 2 bridgehead atoms. The Kier molecular flexibility index (Phi) is 4.65. The zero-order valence-electron chi connectivity index (χ0n) is 17.3. The van der Waals surface area contributed by atoms with Gasteiger partial charge in [0.2, 0.25) is 5.88 Å². The van der Waals surface area contributed by atoms with Gasteiger partial charge in [0, 0.05) is 41.1 Å². The first-order chi connectivity index (χ1) is 15.3. The van der Waals surface area contributed by atoms with Crippen molar-refractivity contribution in [1.82, 2.24) is 25.1 Å². The average Bonchev–Trinajstić information content (AvgIpc) is 3.30. The number of H-pyrrole nitrogens is 1. The van der Waals surface area contributed by atoms with E-state index in [1.54, 1.807) is 0 Å². The summed E-state index contributed by atoms with van der Waals surface area (Å²) in [6.45, 7) is 2.31. The summed E-state index contributed by atoms with van der Waals surface area (Å²) in [4.78, 5) is 10.1. The maximum Gasteiger partial charge on any atom is 0.233 e. The molecule has 0 saturated carbocycles. The first-order valence-corrected chi connectivity index (χ1v) is 11.0. The number of hydrogen-bond donors (Lipinski definition) is 1. The lowest BCUT2D eigenvalue weighted by Gasteiger charge is -2.50. The van der Waals surface area contributed by atoms with Crippen LogP contribution in [0.5, 0.6) is 5.88 Å². The van der Waals surface area contributed by atoms with Crippen molar-refractivity contribution in [2.45, 2.75) is 31.4 Å². The van der Waals surface area contributed by atoms with E-state index in [9.17, 15) is 0 Å². The minimum Gasteiger partial charge on any atom is -0.471 e. The van der Waals surface area contributed by atoms with Crippen LogP contribution in [0.4, 0.5) is 0 Å². The quantitative estimate of drug-likeness (QED) is 0.535. The number of hydrogen-bond acceptors (Lipinski definition) is 5. The van der Waals surface area contributed by atoms with E-state index in [0.29, 0.717) is 17.8 Å². The third-order valence-corrected chi connectivity index (χ3v) is 6.80. The van der Waals surface area contributed by atoms with Crippen LogP contribution >= 0.6 is 0 Å². The number of nitrogens with one attached hydrogen (secondary N) is 1. The van der Waals surface area contributed by atoms with Crippen LogP contribution in [-0.2, 0) is 6.42 Å². The summed E-state index contributed by atoms with van der Waals surface area (Å²) in [6, 6.07) is 16.8. The van der Waals surface area contributed by atoms with E-state index < -0.39 is 0 Å². The molecule has 0 amide bonds. The summed E-state index contributed by atoms with van der Waals surface area (Å²) in [6.07, 6.45) is 9.22. The van der Waals surface area contributed by atoms with E-state index in [1.165, 1.54) is 23.8 Å². The highest BCUT2D eigenvalue weighted by Crippen LogP contribution is 2.36. The molecular weight excluding hydrogens is 386 g/mol. The molecule has 3 aromatic heterocycles. The van der Waals surface area contributed by atoms with Gasteiger partial charge in [0.25, 0.3) is 0 Å². The highest BCUT2D eigenvalue weighted by atomic mass is 16.5. The molecule has 2 atom stereocenters. The normalized spacial score (nSPS) is 25.0. The zero-order valence-corrected chi connectivity index (χ0v) is 17.3. The number of benzene rings is 1. The van der Waals surface area contributed by atoms with Crippen LogP contribution in [0.2, 0.25) is 0 Å². The van der Waals surface area contributed by atoms with E-state index in [2.05, 4.69) is 55.4 Å². The molecule has 0 radical (unpaired) electrons. The van der Waals surface area contributed by atoms with Gasteiger partial charge in [-0.1, -0.05) is 12.1 Å². The van der Waals surface area contributed by atoms with Crippen molar-refractivity contribution >= 4 is 10.9 Å². The number of aromatic amines is 1. The minimum atomic E-state index is 0.138. The Balaban J connectivity index is 1.22. The van der Waals surface area contributed by atoms with Gasteiger partial charge in [-0.2, -0.15) is 0 Å². The Hall–Kier alpha value is -3.25. The molecule has 4 aromatic rings. The highest BCUT2D eigenvalue weighted by Gasteiger charge is 2.43. The molecule has 0 aliphatic carbocycles. The molecule has 156 valence electrons. The van der Waals surface area contributed by atoms with Crippen molar-refractivity contribution in [2.24, 2.45) is 5.92 Å². The second-order valence-corrected chi connectivity index (χ2v) is 8.63. The first kappa shape index (κ1) is 18.5. The molecule has 6 heteroatoms. The number of fused-ring (bicyclic) bond motifs is 4. The fourth-order valence-electron chi connectivity index (χ4n) is 5.17. The predicted octanol–water partition coefficient (Wildman–Crippen LogP) is 4.10. The lowest BCUT2D eigenvalue weighted by atomic mass is 9.78. The van der Waals surface area contributed by atoms with E-state index in [0.717, 1.165) is 36.3 Å². The van der Waals surface area contributed by atoms with Gasteiger partial charge in [0.05, 0.1) is 11.7 Å². The van der Waals surface area contributed by atoms with Crippen LogP contribution in [0, 0.1) is 5.92 Å². The van der Waals surface area contributed by atoms with Crippen LogP contribution in [-0.4, -0.2) is 50.3 Å². The second kappa shape index (κ2) is 7.78. The summed E-state index contributed by atoms with van der Waals surface area (Å²) in [5, 5.41) is 10.1. The Morgan fingerprint density at radius 1 is 1.03 bits per heavy atom. The monoisotopic (exact) mass is 411 g/mol. The van der Waals surface area contributed by atoms with Gasteiger partial charge in [-0.3, -0.25) is 9.88 Å². The van der Waals surface area contributed by atoms with Crippen LogP contribution in [0.15, 0.2) is 67.1 Å². The van der Waals surface area contributed by atoms with Crippen LogP contribution < -0.4 is 4.74 Å². The number of nitrogens with zero attached hydrogens (tertiary/aromatic N) is 4. The minimum absolute atomic E-state index is 0.138. The van der Waals surface area contributed by atoms with Crippen LogP contribution in [0.3, 0.4) is 0 Å². The van der Waals surface area contributed by atoms with E-state index in [4.69, 9.17) is 4.74 Å². The Bertz CT molecular complexity index is 1170. The molecule has 3 saturated heterocycles. The highest BCUT2D eigenvalue weighted by molar-refractivity contribution is 5.84. The number of aromatic nitrogens is 4. The molecule has 1 N–H and O–H groups in total. The summed E-state index contributed by atoms with van der Waals surface area (Å²) >= 11 is 0. The van der Waals surface area contributed by atoms with Gasteiger partial charge < -0.3 is 9.72 Å². The van der Waals surface area contributed by atoms with Crippen molar-refractivity contribution in [2.75, 3.05) is 13.1 Å². The molecule has 3 aliphatic rings. The van der Waals surface area contributed by atoms with Crippen molar-refractivity contribution < 1.29 is 4.74 Å². The smallest absolute Gasteiger partial charge is 0.233 e. The molecule has 0 spiro atoms. The van der Waals surface area contributed by atoms with Crippen molar-refractivity contribution in [3.8, 4) is 17.1 Å². The third kappa shape index (κ3) is 3.57. The Labute approximate surface area is 181 Å². The van der Waals surface area contributed by atoms with Gasteiger partial charge in [0.15, 0.2) is 0 Å².